The fraction of sp³-hybridized carbons (Fsp3) is 0.250. The smallest absolute Gasteiger partial charge is 0.115 e. The molecule has 0 spiro atoms. The van der Waals surface area contributed by atoms with Gasteiger partial charge in [0.15, 0.2) is 0 Å². The highest BCUT2D eigenvalue weighted by atomic mass is 32.1. The molecule has 2 aromatic rings. The SMILES string of the molecule is CCC(Nc1ccc(N)cc1)c1nccs1. The Morgan fingerprint density at radius 3 is 2.69 bits per heavy atom. The quantitative estimate of drug-likeness (QED) is 0.797. The van der Waals surface area contributed by atoms with Crippen LogP contribution in [0.25, 0.3) is 0 Å². The minimum absolute atomic E-state index is 0.281. The average Bonchev–Trinajstić information content (AvgIpc) is 2.82. The van der Waals surface area contributed by atoms with Crippen LogP contribution in [0.2, 0.25) is 0 Å². The van der Waals surface area contributed by atoms with Gasteiger partial charge in [0.25, 0.3) is 0 Å². The molecule has 4 heteroatoms. The number of benzene rings is 1. The zero-order valence-electron chi connectivity index (χ0n) is 9.18. The number of nitrogens with one attached hydrogen (secondary N) is 1. The molecule has 0 aliphatic rings. The van der Waals surface area contributed by atoms with Gasteiger partial charge in [0.1, 0.15) is 5.01 Å². The Kier molecular flexibility index (Phi) is 3.41. The number of nitrogens with two attached hydrogens (primary N) is 1. The van der Waals surface area contributed by atoms with Gasteiger partial charge in [-0.25, -0.2) is 4.98 Å². The summed E-state index contributed by atoms with van der Waals surface area (Å²) in [5, 5.41) is 6.58. The van der Waals surface area contributed by atoms with E-state index < -0.39 is 0 Å². The molecule has 0 radical (unpaired) electrons. The lowest BCUT2D eigenvalue weighted by atomic mass is 10.2. The van der Waals surface area contributed by atoms with Crippen LogP contribution in [0.1, 0.15) is 24.4 Å². The van der Waals surface area contributed by atoms with Crippen molar-refractivity contribution in [3.8, 4) is 0 Å². The zero-order chi connectivity index (χ0) is 11.4. The molecule has 84 valence electrons. The number of thiazole rings is 1. The van der Waals surface area contributed by atoms with Crippen molar-refractivity contribution in [1.82, 2.24) is 4.98 Å². The van der Waals surface area contributed by atoms with Crippen molar-refractivity contribution in [3.63, 3.8) is 0 Å². The van der Waals surface area contributed by atoms with Gasteiger partial charge >= 0.3 is 0 Å². The van der Waals surface area contributed by atoms with Gasteiger partial charge < -0.3 is 11.1 Å². The van der Waals surface area contributed by atoms with Gasteiger partial charge in [0, 0.05) is 23.0 Å². The summed E-state index contributed by atoms with van der Waals surface area (Å²) in [4.78, 5) is 4.33. The molecule has 0 fully saturated rings. The Morgan fingerprint density at radius 2 is 2.12 bits per heavy atom. The summed E-state index contributed by atoms with van der Waals surface area (Å²) in [6.45, 7) is 2.15. The monoisotopic (exact) mass is 233 g/mol. The maximum Gasteiger partial charge on any atom is 0.115 e. The van der Waals surface area contributed by atoms with Crippen LogP contribution in [-0.4, -0.2) is 4.98 Å². The number of nitrogen functional groups attached to an aromatic ring is 1. The van der Waals surface area contributed by atoms with Gasteiger partial charge in [-0.05, 0) is 30.7 Å². The van der Waals surface area contributed by atoms with E-state index in [2.05, 4.69) is 17.2 Å². The molecule has 3 N–H and O–H groups in total. The third kappa shape index (κ3) is 2.52. The molecule has 1 unspecified atom stereocenters. The van der Waals surface area contributed by atoms with E-state index in [0.717, 1.165) is 22.8 Å². The molecule has 0 bridgehead atoms. The van der Waals surface area contributed by atoms with Gasteiger partial charge in [0.2, 0.25) is 0 Å². The average molecular weight is 233 g/mol. The van der Waals surface area contributed by atoms with Gasteiger partial charge in [-0.1, -0.05) is 6.92 Å². The Labute approximate surface area is 99.3 Å². The van der Waals surface area contributed by atoms with Crippen molar-refractivity contribution in [3.05, 3.63) is 40.8 Å². The van der Waals surface area contributed by atoms with E-state index in [4.69, 9.17) is 5.73 Å². The fourth-order valence-corrected chi connectivity index (χ4v) is 2.30. The molecule has 1 atom stereocenters. The van der Waals surface area contributed by atoms with Crippen molar-refractivity contribution in [2.24, 2.45) is 0 Å². The number of aromatic nitrogens is 1. The Balaban J connectivity index is 2.10. The summed E-state index contributed by atoms with van der Waals surface area (Å²) in [5.41, 5.74) is 7.51. The van der Waals surface area contributed by atoms with Crippen molar-refractivity contribution in [2.75, 3.05) is 11.1 Å². The van der Waals surface area contributed by atoms with Gasteiger partial charge in [-0.15, -0.1) is 11.3 Å². The highest BCUT2D eigenvalue weighted by Gasteiger charge is 2.10. The van der Waals surface area contributed by atoms with Crippen LogP contribution in [0.5, 0.6) is 0 Å². The van der Waals surface area contributed by atoms with Crippen molar-refractivity contribution in [1.29, 1.82) is 0 Å². The molecule has 3 nitrogen and oxygen atoms in total. The van der Waals surface area contributed by atoms with E-state index in [0.29, 0.717) is 0 Å². The fourth-order valence-electron chi connectivity index (χ4n) is 1.53. The van der Waals surface area contributed by atoms with Crippen molar-refractivity contribution in [2.45, 2.75) is 19.4 Å². The molecule has 2 rings (SSSR count). The predicted octanol–water partition coefficient (Wildman–Crippen LogP) is 3.29. The van der Waals surface area contributed by atoms with E-state index in [1.807, 2.05) is 35.8 Å². The normalized spacial score (nSPS) is 12.3. The second kappa shape index (κ2) is 4.99. The van der Waals surface area contributed by atoms with Gasteiger partial charge in [-0.2, -0.15) is 0 Å². The first-order valence-electron chi connectivity index (χ1n) is 5.31. The minimum Gasteiger partial charge on any atom is -0.399 e. The van der Waals surface area contributed by atoms with Crippen LogP contribution in [0, 0.1) is 0 Å². The van der Waals surface area contributed by atoms with Crippen molar-refractivity contribution < 1.29 is 0 Å². The second-order valence-electron chi connectivity index (χ2n) is 3.60. The van der Waals surface area contributed by atoms with Crippen LogP contribution in [0.15, 0.2) is 35.8 Å². The Hall–Kier alpha value is -1.55. The lowest BCUT2D eigenvalue weighted by Gasteiger charge is -2.15. The molecule has 0 aliphatic heterocycles. The topological polar surface area (TPSA) is 50.9 Å². The van der Waals surface area contributed by atoms with Gasteiger partial charge in [-0.3, -0.25) is 0 Å². The van der Waals surface area contributed by atoms with Crippen LogP contribution in [-0.2, 0) is 0 Å². The Morgan fingerprint density at radius 1 is 1.38 bits per heavy atom. The first-order valence-corrected chi connectivity index (χ1v) is 6.19. The molecule has 0 saturated heterocycles. The highest BCUT2D eigenvalue weighted by molar-refractivity contribution is 7.09. The van der Waals surface area contributed by atoms with Crippen LogP contribution in [0.3, 0.4) is 0 Å². The van der Waals surface area contributed by atoms with E-state index in [9.17, 15) is 0 Å². The highest BCUT2D eigenvalue weighted by Crippen LogP contribution is 2.24. The molecule has 0 aliphatic carbocycles. The third-order valence-electron chi connectivity index (χ3n) is 2.41. The van der Waals surface area contributed by atoms with Crippen LogP contribution in [0.4, 0.5) is 11.4 Å². The molecular weight excluding hydrogens is 218 g/mol. The molecule has 1 heterocycles. The minimum atomic E-state index is 0.281. The second-order valence-corrected chi connectivity index (χ2v) is 4.52. The summed E-state index contributed by atoms with van der Waals surface area (Å²) in [7, 11) is 0. The summed E-state index contributed by atoms with van der Waals surface area (Å²) >= 11 is 1.68. The van der Waals surface area contributed by atoms with Crippen molar-refractivity contribution >= 4 is 22.7 Å². The van der Waals surface area contributed by atoms with Crippen LogP contribution >= 0.6 is 11.3 Å². The van der Waals surface area contributed by atoms with E-state index in [1.54, 1.807) is 11.3 Å². The number of hydrogen-bond donors (Lipinski definition) is 2. The molecule has 1 aromatic carbocycles. The molecule has 1 aromatic heterocycles. The maximum absolute atomic E-state index is 5.65. The summed E-state index contributed by atoms with van der Waals surface area (Å²) in [5.74, 6) is 0. The third-order valence-corrected chi connectivity index (χ3v) is 3.30. The largest absolute Gasteiger partial charge is 0.399 e. The number of rotatable bonds is 4. The van der Waals surface area contributed by atoms with E-state index in [-0.39, 0.29) is 6.04 Å². The molecule has 16 heavy (non-hydrogen) atoms. The van der Waals surface area contributed by atoms with E-state index in [1.165, 1.54) is 0 Å². The first-order chi connectivity index (χ1) is 7.79. The summed E-state index contributed by atoms with van der Waals surface area (Å²) in [6.07, 6.45) is 2.85. The lowest BCUT2D eigenvalue weighted by Crippen LogP contribution is -2.09. The van der Waals surface area contributed by atoms with E-state index >= 15 is 0 Å². The molecule has 0 amide bonds. The molecular formula is C12H15N3S. The lowest BCUT2D eigenvalue weighted by molar-refractivity contribution is 0.742. The Bertz CT molecular complexity index is 422. The zero-order valence-corrected chi connectivity index (χ0v) is 10.00. The number of hydrogen-bond acceptors (Lipinski definition) is 4. The maximum atomic E-state index is 5.65. The van der Waals surface area contributed by atoms with Crippen LogP contribution < -0.4 is 11.1 Å². The summed E-state index contributed by atoms with van der Waals surface area (Å²) < 4.78 is 0. The standard InChI is InChI=1S/C12H15N3S/c1-2-11(12-14-7-8-16-12)15-10-5-3-9(13)4-6-10/h3-8,11,15H,2,13H2,1H3. The van der Waals surface area contributed by atoms with Gasteiger partial charge in [0.05, 0.1) is 6.04 Å². The predicted molar refractivity (Wildman–Crippen MR) is 69.6 cm³/mol. The summed E-state index contributed by atoms with van der Waals surface area (Å²) in [6, 6.07) is 8.06. The number of anilines is 2. The molecule has 0 saturated carbocycles. The number of nitrogens with zero attached hydrogens (tertiary/aromatic N) is 1. The first kappa shape index (κ1) is 11.0.